The van der Waals surface area contributed by atoms with Crippen LogP contribution in [-0.4, -0.2) is 58.3 Å². The fourth-order valence-electron chi connectivity index (χ4n) is 3.08. The number of fused-ring (bicyclic) bond motifs is 1. The van der Waals surface area contributed by atoms with Crippen molar-refractivity contribution < 1.29 is 9.59 Å². The van der Waals surface area contributed by atoms with Crippen LogP contribution in [0.5, 0.6) is 0 Å². The predicted molar refractivity (Wildman–Crippen MR) is 71.4 cm³/mol. The molecule has 0 aromatic heterocycles. The molecule has 3 aliphatic rings. The lowest BCUT2D eigenvalue weighted by atomic mass is 9.98. The van der Waals surface area contributed by atoms with Crippen molar-refractivity contribution in [3.8, 4) is 0 Å². The number of hydrogen-bond donors (Lipinski definition) is 0. The van der Waals surface area contributed by atoms with Crippen molar-refractivity contribution in [1.29, 1.82) is 0 Å². The molecule has 1 atom stereocenters. The van der Waals surface area contributed by atoms with Crippen molar-refractivity contribution in [3.05, 3.63) is 0 Å². The Bertz CT molecular complexity index is 381. The van der Waals surface area contributed by atoms with Gasteiger partial charge in [0.05, 0.1) is 6.54 Å². The van der Waals surface area contributed by atoms with Gasteiger partial charge in [0, 0.05) is 17.8 Å². The molecule has 0 radical (unpaired) electrons. The standard InChI is InChI=1S/C13H20N2O2S/c1-18-13(5-6-13)9-14-8-11(16)15-7-3-2-4-10(15)12(14)17/h10H,2-9H2,1H3. The average Bonchev–Trinajstić information content (AvgIpc) is 3.16. The zero-order valence-corrected chi connectivity index (χ0v) is 11.7. The molecule has 2 saturated heterocycles. The third-order valence-electron chi connectivity index (χ3n) is 4.47. The Hall–Kier alpha value is -0.710. The number of nitrogens with zero attached hydrogens (tertiary/aromatic N) is 2. The topological polar surface area (TPSA) is 40.6 Å². The van der Waals surface area contributed by atoms with E-state index in [2.05, 4.69) is 6.26 Å². The Morgan fingerprint density at radius 2 is 2.11 bits per heavy atom. The normalized spacial score (nSPS) is 30.4. The van der Waals surface area contributed by atoms with E-state index in [1.807, 2.05) is 16.7 Å². The van der Waals surface area contributed by atoms with E-state index >= 15 is 0 Å². The van der Waals surface area contributed by atoms with Gasteiger partial charge in [-0.3, -0.25) is 9.59 Å². The first-order valence-corrected chi connectivity index (χ1v) is 8.01. The van der Waals surface area contributed by atoms with Gasteiger partial charge in [-0.2, -0.15) is 11.8 Å². The van der Waals surface area contributed by atoms with Crippen LogP contribution in [0.1, 0.15) is 32.1 Å². The molecule has 0 aromatic rings. The number of piperazine rings is 1. The summed E-state index contributed by atoms with van der Waals surface area (Å²) < 4.78 is 0.257. The predicted octanol–water partition coefficient (Wildman–Crippen LogP) is 1.11. The smallest absolute Gasteiger partial charge is 0.245 e. The van der Waals surface area contributed by atoms with Crippen LogP contribution in [0.15, 0.2) is 0 Å². The molecule has 3 fully saturated rings. The second-order valence-corrected chi connectivity index (χ2v) is 6.95. The van der Waals surface area contributed by atoms with Gasteiger partial charge in [0.25, 0.3) is 0 Å². The number of thioether (sulfide) groups is 1. The largest absolute Gasteiger partial charge is 0.330 e. The Kier molecular flexibility index (Phi) is 3.04. The molecule has 18 heavy (non-hydrogen) atoms. The number of hydrogen-bond acceptors (Lipinski definition) is 3. The maximum absolute atomic E-state index is 12.4. The van der Waals surface area contributed by atoms with Crippen molar-refractivity contribution in [3.63, 3.8) is 0 Å². The molecule has 2 amide bonds. The summed E-state index contributed by atoms with van der Waals surface area (Å²) in [4.78, 5) is 28.2. The van der Waals surface area contributed by atoms with E-state index < -0.39 is 0 Å². The van der Waals surface area contributed by atoms with Crippen molar-refractivity contribution in [1.82, 2.24) is 9.80 Å². The molecule has 3 rings (SSSR count). The molecule has 5 heteroatoms. The van der Waals surface area contributed by atoms with E-state index in [1.165, 1.54) is 12.8 Å². The van der Waals surface area contributed by atoms with E-state index in [1.54, 1.807) is 4.90 Å². The lowest BCUT2D eigenvalue weighted by molar-refractivity contribution is -0.157. The van der Waals surface area contributed by atoms with Gasteiger partial charge < -0.3 is 9.80 Å². The SMILES string of the molecule is CSC1(CN2CC(=O)N3CCCCC3C2=O)CC1. The lowest BCUT2D eigenvalue weighted by Gasteiger charge is -2.43. The average molecular weight is 268 g/mol. The first-order valence-electron chi connectivity index (χ1n) is 6.79. The minimum Gasteiger partial charge on any atom is -0.330 e. The molecule has 1 saturated carbocycles. The van der Waals surface area contributed by atoms with Crippen LogP contribution < -0.4 is 0 Å². The third kappa shape index (κ3) is 2.02. The van der Waals surface area contributed by atoms with Gasteiger partial charge in [-0.1, -0.05) is 0 Å². The second kappa shape index (κ2) is 4.44. The summed E-state index contributed by atoms with van der Waals surface area (Å²) in [5.41, 5.74) is 0. The van der Waals surface area contributed by atoms with E-state index in [0.717, 1.165) is 32.4 Å². The Labute approximate surface area is 112 Å². The molecule has 1 aliphatic carbocycles. The van der Waals surface area contributed by atoms with E-state index in [-0.39, 0.29) is 22.6 Å². The Balaban J connectivity index is 1.72. The van der Waals surface area contributed by atoms with Gasteiger partial charge >= 0.3 is 0 Å². The van der Waals surface area contributed by atoms with Crippen LogP contribution in [0, 0.1) is 0 Å². The van der Waals surface area contributed by atoms with Crippen molar-refractivity contribution in [2.24, 2.45) is 0 Å². The zero-order chi connectivity index (χ0) is 12.8. The monoisotopic (exact) mass is 268 g/mol. The van der Waals surface area contributed by atoms with E-state index in [4.69, 9.17) is 0 Å². The molecule has 100 valence electrons. The van der Waals surface area contributed by atoms with Gasteiger partial charge in [-0.25, -0.2) is 0 Å². The molecular formula is C13H20N2O2S. The molecule has 1 unspecified atom stereocenters. The molecule has 0 bridgehead atoms. The minimum absolute atomic E-state index is 0.149. The zero-order valence-electron chi connectivity index (χ0n) is 10.9. The third-order valence-corrected chi connectivity index (χ3v) is 5.87. The first kappa shape index (κ1) is 12.3. The van der Waals surface area contributed by atoms with Gasteiger partial charge in [0.15, 0.2) is 0 Å². The van der Waals surface area contributed by atoms with Gasteiger partial charge in [-0.05, 0) is 38.4 Å². The summed E-state index contributed by atoms with van der Waals surface area (Å²) >= 11 is 1.85. The van der Waals surface area contributed by atoms with E-state index in [9.17, 15) is 9.59 Å². The van der Waals surface area contributed by atoms with E-state index in [0.29, 0.717) is 6.54 Å². The van der Waals surface area contributed by atoms with Crippen LogP contribution in [0.3, 0.4) is 0 Å². The fourth-order valence-corrected chi connectivity index (χ4v) is 3.87. The van der Waals surface area contributed by atoms with Crippen LogP contribution >= 0.6 is 11.8 Å². The van der Waals surface area contributed by atoms with Gasteiger partial charge in [0.2, 0.25) is 11.8 Å². The van der Waals surface area contributed by atoms with Gasteiger partial charge in [0.1, 0.15) is 6.04 Å². The molecule has 2 heterocycles. The second-order valence-electron chi connectivity index (χ2n) is 5.68. The summed E-state index contributed by atoms with van der Waals surface area (Å²) in [7, 11) is 0. The quantitative estimate of drug-likeness (QED) is 0.770. The number of piperidine rings is 1. The van der Waals surface area contributed by atoms with Crippen LogP contribution in [0.2, 0.25) is 0 Å². The van der Waals surface area contributed by atoms with Crippen molar-refractivity contribution in [2.45, 2.75) is 42.9 Å². The van der Waals surface area contributed by atoms with Crippen molar-refractivity contribution in [2.75, 3.05) is 25.9 Å². The summed E-state index contributed by atoms with van der Waals surface area (Å²) in [6.45, 7) is 1.84. The van der Waals surface area contributed by atoms with Gasteiger partial charge in [-0.15, -0.1) is 0 Å². The van der Waals surface area contributed by atoms with Crippen LogP contribution in [0.4, 0.5) is 0 Å². The van der Waals surface area contributed by atoms with Crippen LogP contribution in [0.25, 0.3) is 0 Å². The Morgan fingerprint density at radius 1 is 1.33 bits per heavy atom. The minimum atomic E-state index is -0.155. The highest BCUT2D eigenvalue weighted by Crippen LogP contribution is 2.48. The number of carbonyl (C=O) groups excluding carboxylic acids is 2. The van der Waals surface area contributed by atoms with Crippen LogP contribution in [-0.2, 0) is 9.59 Å². The van der Waals surface area contributed by atoms with Crippen molar-refractivity contribution >= 4 is 23.6 Å². The number of amides is 2. The highest BCUT2D eigenvalue weighted by molar-refractivity contribution is 8.00. The molecule has 0 spiro atoms. The first-order chi connectivity index (χ1) is 8.65. The summed E-state index contributed by atoms with van der Waals surface area (Å²) in [5, 5.41) is 0. The lowest BCUT2D eigenvalue weighted by Crippen LogP contribution is -2.62. The maximum atomic E-state index is 12.4. The summed E-state index contributed by atoms with van der Waals surface area (Å²) in [5.74, 6) is 0.339. The molecular weight excluding hydrogens is 248 g/mol. The molecule has 0 aromatic carbocycles. The maximum Gasteiger partial charge on any atom is 0.245 e. The fraction of sp³-hybridized carbons (Fsp3) is 0.846. The number of rotatable bonds is 3. The summed E-state index contributed by atoms with van der Waals surface area (Å²) in [6, 6.07) is -0.155. The highest BCUT2D eigenvalue weighted by atomic mass is 32.2. The molecule has 2 aliphatic heterocycles. The summed E-state index contributed by atoms with van der Waals surface area (Å²) in [6.07, 6.45) is 7.44. The molecule has 4 nitrogen and oxygen atoms in total. The number of carbonyl (C=O) groups is 2. The molecule has 0 N–H and O–H groups in total. The highest BCUT2D eigenvalue weighted by Gasteiger charge is 2.48. The Morgan fingerprint density at radius 3 is 2.78 bits per heavy atom.